The van der Waals surface area contributed by atoms with Gasteiger partial charge in [-0.2, -0.15) is 0 Å². The largest absolute Gasteiger partial charge is 0.409 e. The van der Waals surface area contributed by atoms with Gasteiger partial charge in [0, 0.05) is 6.54 Å². The first-order valence-corrected chi connectivity index (χ1v) is 5.93. The van der Waals surface area contributed by atoms with Crippen molar-refractivity contribution in [3.05, 3.63) is 0 Å². The van der Waals surface area contributed by atoms with Crippen molar-refractivity contribution in [3.63, 3.8) is 0 Å². The number of unbranched alkanes of at least 4 members (excludes halogenated alkanes) is 5. The average molecular weight is 229 g/mol. The third-order valence-corrected chi connectivity index (χ3v) is 2.32. The van der Waals surface area contributed by atoms with Crippen LogP contribution >= 0.6 is 0 Å². The van der Waals surface area contributed by atoms with Gasteiger partial charge >= 0.3 is 0 Å². The van der Waals surface area contributed by atoms with Crippen molar-refractivity contribution in [1.29, 1.82) is 0 Å². The van der Waals surface area contributed by atoms with Gasteiger partial charge in [0.25, 0.3) is 0 Å². The van der Waals surface area contributed by atoms with E-state index in [0.29, 0.717) is 6.54 Å². The number of carbonyl (C=O) groups excluding carboxylic acids is 1. The molecule has 0 aromatic heterocycles. The first-order chi connectivity index (χ1) is 7.70. The molecule has 0 atom stereocenters. The Morgan fingerprint density at radius 2 is 1.88 bits per heavy atom. The Morgan fingerprint density at radius 3 is 2.50 bits per heavy atom. The fourth-order valence-electron chi connectivity index (χ4n) is 1.40. The maximum absolute atomic E-state index is 11.2. The van der Waals surface area contributed by atoms with Crippen molar-refractivity contribution < 1.29 is 10.0 Å². The van der Waals surface area contributed by atoms with Crippen molar-refractivity contribution in [2.24, 2.45) is 10.9 Å². The molecule has 5 heteroatoms. The van der Waals surface area contributed by atoms with Crippen molar-refractivity contribution in [1.82, 2.24) is 5.32 Å². The Labute approximate surface area is 97.1 Å². The molecule has 0 aliphatic rings. The van der Waals surface area contributed by atoms with Crippen molar-refractivity contribution in [2.75, 3.05) is 6.54 Å². The number of oxime groups is 1. The lowest BCUT2D eigenvalue weighted by Gasteiger charge is -2.04. The zero-order chi connectivity index (χ0) is 12.2. The summed E-state index contributed by atoms with van der Waals surface area (Å²) < 4.78 is 0. The molecule has 4 N–H and O–H groups in total. The van der Waals surface area contributed by atoms with E-state index in [-0.39, 0.29) is 18.2 Å². The summed E-state index contributed by atoms with van der Waals surface area (Å²) in [6, 6.07) is 0. The SMILES string of the molecule is CCCCCCCCNC(=O)CC(N)=NO. The third-order valence-electron chi connectivity index (χ3n) is 2.32. The monoisotopic (exact) mass is 229 g/mol. The molecule has 0 aliphatic carbocycles. The van der Waals surface area contributed by atoms with Gasteiger partial charge in [-0.15, -0.1) is 0 Å². The van der Waals surface area contributed by atoms with Crippen LogP contribution in [0.1, 0.15) is 51.9 Å². The molecule has 0 aromatic rings. The lowest BCUT2D eigenvalue weighted by atomic mass is 10.1. The molecule has 0 radical (unpaired) electrons. The summed E-state index contributed by atoms with van der Waals surface area (Å²) in [5, 5.41) is 13.7. The summed E-state index contributed by atoms with van der Waals surface area (Å²) >= 11 is 0. The first-order valence-electron chi connectivity index (χ1n) is 5.93. The molecule has 0 unspecified atom stereocenters. The van der Waals surface area contributed by atoms with Crippen molar-refractivity contribution >= 4 is 11.7 Å². The van der Waals surface area contributed by atoms with Crippen LogP contribution in [0.2, 0.25) is 0 Å². The number of nitrogens with zero attached hydrogens (tertiary/aromatic N) is 1. The molecule has 0 aromatic carbocycles. The smallest absolute Gasteiger partial charge is 0.227 e. The highest BCUT2D eigenvalue weighted by Crippen LogP contribution is 2.03. The molecule has 0 rings (SSSR count). The van der Waals surface area contributed by atoms with Crippen molar-refractivity contribution in [2.45, 2.75) is 51.9 Å². The van der Waals surface area contributed by atoms with Crippen LogP contribution in [-0.2, 0) is 4.79 Å². The minimum atomic E-state index is -0.191. The lowest BCUT2D eigenvalue weighted by molar-refractivity contribution is -0.119. The third kappa shape index (κ3) is 9.30. The van der Waals surface area contributed by atoms with Gasteiger partial charge in [-0.25, -0.2) is 0 Å². The van der Waals surface area contributed by atoms with E-state index < -0.39 is 0 Å². The van der Waals surface area contributed by atoms with E-state index in [2.05, 4.69) is 17.4 Å². The molecule has 0 bridgehead atoms. The molecule has 94 valence electrons. The topological polar surface area (TPSA) is 87.7 Å². The minimum absolute atomic E-state index is 0.0354. The molecule has 0 heterocycles. The predicted molar refractivity (Wildman–Crippen MR) is 64.4 cm³/mol. The van der Waals surface area contributed by atoms with Crippen molar-refractivity contribution in [3.8, 4) is 0 Å². The second-order valence-corrected chi connectivity index (χ2v) is 3.89. The summed E-state index contributed by atoms with van der Waals surface area (Å²) in [7, 11) is 0. The molecule has 5 nitrogen and oxygen atoms in total. The van der Waals surface area contributed by atoms with E-state index in [9.17, 15) is 4.79 Å². The number of carbonyl (C=O) groups is 1. The van der Waals surface area contributed by atoms with Crippen LogP contribution in [-0.4, -0.2) is 23.5 Å². The Bertz CT molecular complexity index is 217. The molecular weight excluding hydrogens is 206 g/mol. The molecular formula is C11H23N3O2. The Hall–Kier alpha value is -1.26. The fourth-order valence-corrected chi connectivity index (χ4v) is 1.40. The molecule has 0 fully saturated rings. The summed E-state index contributed by atoms with van der Waals surface area (Å²) in [5.41, 5.74) is 5.20. The van der Waals surface area contributed by atoms with E-state index in [1.165, 1.54) is 25.7 Å². The van der Waals surface area contributed by atoms with E-state index in [4.69, 9.17) is 10.9 Å². The number of hydrogen-bond acceptors (Lipinski definition) is 3. The van der Waals surface area contributed by atoms with Gasteiger partial charge in [-0.1, -0.05) is 44.2 Å². The number of nitrogens with one attached hydrogen (secondary N) is 1. The highest BCUT2D eigenvalue weighted by atomic mass is 16.4. The molecule has 1 amide bonds. The second-order valence-electron chi connectivity index (χ2n) is 3.89. The van der Waals surface area contributed by atoms with Gasteiger partial charge in [0.2, 0.25) is 5.91 Å². The first kappa shape index (κ1) is 14.7. The zero-order valence-corrected chi connectivity index (χ0v) is 10.0. The normalized spacial score (nSPS) is 11.4. The van der Waals surface area contributed by atoms with Gasteiger partial charge in [-0.3, -0.25) is 4.79 Å². The molecule has 0 saturated carbocycles. The number of amides is 1. The quantitative estimate of drug-likeness (QED) is 0.184. The highest BCUT2D eigenvalue weighted by molar-refractivity contribution is 5.98. The van der Waals surface area contributed by atoms with Crippen LogP contribution in [0, 0.1) is 0 Å². The summed E-state index contributed by atoms with van der Waals surface area (Å²) in [6.07, 6.45) is 7.13. The van der Waals surface area contributed by atoms with Crippen LogP contribution < -0.4 is 11.1 Å². The van der Waals surface area contributed by atoms with Gasteiger partial charge in [0.1, 0.15) is 5.84 Å². The van der Waals surface area contributed by atoms with Crippen LogP contribution in [0.3, 0.4) is 0 Å². The highest BCUT2D eigenvalue weighted by Gasteiger charge is 2.03. The summed E-state index contributed by atoms with van der Waals surface area (Å²) in [6.45, 7) is 2.86. The van der Waals surface area contributed by atoms with Gasteiger partial charge < -0.3 is 16.3 Å². The maximum atomic E-state index is 11.2. The molecule has 0 spiro atoms. The fraction of sp³-hybridized carbons (Fsp3) is 0.818. The summed E-state index contributed by atoms with van der Waals surface area (Å²) in [5.74, 6) is -0.246. The second kappa shape index (κ2) is 10.3. The Kier molecular flexibility index (Phi) is 9.46. The van der Waals surface area contributed by atoms with Gasteiger partial charge in [0.05, 0.1) is 6.42 Å². The van der Waals surface area contributed by atoms with Crippen LogP contribution in [0.4, 0.5) is 0 Å². The number of amidine groups is 1. The molecule has 16 heavy (non-hydrogen) atoms. The number of nitrogens with two attached hydrogens (primary N) is 1. The van der Waals surface area contributed by atoms with E-state index in [1.807, 2.05) is 0 Å². The van der Waals surface area contributed by atoms with E-state index in [1.54, 1.807) is 0 Å². The number of rotatable bonds is 9. The minimum Gasteiger partial charge on any atom is -0.409 e. The Balaban J connectivity index is 3.28. The van der Waals surface area contributed by atoms with Crippen LogP contribution in [0.25, 0.3) is 0 Å². The lowest BCUT2D eigenvalue weighted by Crippen LogP contribution is -2.29. The van der Waals surface area contributed by atoms with Crippen LogP contribution in [0.5, 0.6) is 0 Å². The zero-order valence-electron chi connectivity index (χ0n) is 10.0. The van der Waals surface area contributed by atoms with Gasteiger partial charge in [0.15, 0.2) is 0 Å². The summed E-state index contributed by atoms with van der Waals surface area (Å²) in [4.78, 5) is 11.2. The van der Waals surface area contributed by atoms with E-state index >= 15 is 0 Å². The predicted octanol–water partition coefficient (Wildman–Crippen LogP) is 1.60. The van der Waals surface area contributed by atoms with Gasteiger partial charge in [-0.05, 0) is 6.42 Å². The van der Waals surface area contributed by atoms with E-state index in [0.717, 1.165) is 12.8 Å². The number of hydrogen-bond donors (Lipinski definition) is 3. The van der Waals surface area contributed by atoms with Crippen LogP contribution in [0.15, 0.2) is 5.16 Å². The maximum Gasteiger partial charge on any atom is 0.227 e. The molecule has 0 aliphatic heterocycles. The standard InChI is InChI=1S/C11H23N3O2/c1-2-3-4-5-6-7-8-13-11(15)9-10(12)14-16/h16H,2-9H2,1H3,(H2,12,14)(H,13,15). The molecule has 0 saturated heterocycles. The average Bonchev–Trinajstić information content (AvgIpc) is 2.27. The Morgan fingerprint density at radius 1 is 1.25 bits per heavy atom.